The summed E-state index contributed by atoms with van der Waals surface area (Å²) in [5.41, 5.74) is 4.48. The predicted molar refractivity (Wildman–Crippen MR) is 124 cm³/mol. The van der Waals surface area contributed by atoms with Gasteiger partial charge in [-0.05, 0) is 63.6 Å². The van der Waals surface area contributed by atoms with Crippen molar-refractivity contribution in [3.05, 3.63) is 65.2 Å². The lowest BCUT2D eigenvalue weighted by atomic mass is 9.84. The summed E-state index contributed by atoms with van der Waals surface area (Å²) in [5.74, 6) is -0.223. The zero-order valence-electron chi connectivity index (χ0n) is 18.8. The summed E-state index contributed by atoms with van der Waals surface area (Å²) >= 11 is 0. The van der Waals surface area contributed by atoms with Gasteiger partial charge < -0.3 is 10.1 Å². The van der Waals surface area contributed by atoms with Gasteiger partial charge >= 0.3 is 5.97 Å². The molecule has 5 nitrogen and oxygen atoms in total. The lowest BCUT2D eigenvalue weighted by Crippen LogP contribution is -2.45. The number of hydrogen-bond acceptors (Lipinski definition) is 4. The predicted octanol–water partition coefficient (Wildman–Crippen LogP) is 5.12. The Balaban J connectivity index is 1.58. The van der Waals surface area contributed by atoms with E-state index in [0.29, 0.717) is 12.0 Å². The fourth-order valence-electron chi connectivity index (χ4n) is 5.82. The Hall–Kier alpha value is -3.21. The molecule has 5 rings (SSSR count). The van der Waals surface area contributed by atoms with Crippen LogP contribution in [0.2, 0.25) is 0 Å². The minimum atomic E-state index is -0.441. The molecule has 0 atom stereocenters. The second-order valence-corrected chi connectivity index (χ2v) is 9.53. The molecule has 0 unspecified atom stereocenters. The van der Waals surface area contributed by atoms with E-state index in [1.54, 1.807) is 0 Å². The number of methoxy groups -OCH3 is 1. The van der Waals surface area contributed by atoms with Crippen molar-refractivity contribution in [1.82, 2.24) is 10.3 Å². The van der Waals surface area contributed by atoms with Crippen LogP contribution in [-0.4, -0.2) is 29.5 Å². The first-order chi connectivity index (χ1) is 15.4. The molecule has 2 bridgehead atoms. The van der Waals surface area contributed by atoms with Crippen LogP contribution in [-0.2, 0) is 9.53 Å². The normalized spacial score (nSPS) is 24.0. The Labute approximate surface area is 188 Å². The van der Waals surface area contributed by atoms with Gasteiger partial charge in [-0.25, -0.2) is 4.98 Å². The molecule has 5 heteroatoms. The number of rotatable bonds is 4. The summed E-state index contributed by atoms with van der Waals surface area (Å²) in [6.07, 6.45) is 3.81. The van der Waals surface area contributed by atoms with E-state index in [1.165, 1.54) is 7.11 Å². The number of amides is 1. The molecule has 0 radical (unpaired) electrons. The fraction of sp³-hybridized carbons (Fsp3) is 0.370. The van der Waals surface area contributed by atoms with Crippen molar-refractivity contribution in [2.75, 3.05) is 7.11 Å². The zero-order chi connectivity index (χ0) is 22.5. The largest absolute Gasteiger partial charge is 0.469 e. The molecule has 2 fully saturated rings. The molecule has 0 saturated heterocycles. The Morgan fingerprint density at radius 1 is 1.00 bits per heavy atom. The van der Waals surface area contributed by atoms with E-state index >= 15 is 0 Å². The molecule has 2 aliphatic rings. The average Bonchev–Trinajstić information content (AvgIpc) is 3.35. The van der Waals surface area contributed by atoms with Crippen molar-refractivity contribution in [2.24, 2.45) is 5.41 Å². The van der Waals surface area contributed by atoms with Crippen LogP contribution in [0, 0.1) is 19.3 Å². The minimum Gasteiger partial charge on any atom is -0.469 e. The maximum absolute atomic E-state index is 13.8. The van der Waals surface area contributed by atoms with Crippen molar-refractivity contribution in [2.45, 2.75) is 51.5 Å². The molecule has 32 heavy (non-hydrogen) atoms. The van der Waals surface area contributed by atoms with E-state index in [0.717, 1.165) is 59.0 Å². The van der Waals surface area contributed by atoms with E-state index in [9.17, 15) is 9.59 Å². The zero-order valence-corrected chi connectivity index (χ0v) is 18.8. The van der Waals surface area contributed by atoms with Crippen molar-refractivity contribution < 1.29 is 14.3 Å². The monoisotopic (exact) mass is 428 g/mol. The summed E-state index contributed by atoms with van der Waals surface area (Å²) < 4.78 is 5.08. The second kappa shape index (κ2) is 7.44. The van der Waals surface area contributed by atoms with E-state index in [1.807, 2.05) is 62.4 Å². The fourth-order valence-corrected chi connectivity index (χ4v) is 5.82. The van der Waals surface area contributed by atoms with Crippen LogP contribution >= 0.6 is 0 Å². The number of pyridine rings is 1. The van der Waals surface area contributed by atoms with Crippen LogP contribution in [0.1, 0.15) is 53.6 Å². The van der Waals surface area contributed by atoms with Crippen LogP contribution < -0.4 is 5.32 Å². The molecule has 1 amide bonds. The molecule has 1 N–H and O–H groups in total. The number of nitrogens with zero attached hydrogens (tertiary/aromatic N) is 1. The Morgan fingerprint density at radius 3 is 2.41 bits per heavy atom. The summed E-state index contributed by atoms with van der Waals surface area (Å²) in [6.45, 7) is 4.00. The molecule has 3 aromatic rings. The van der Waals surface area contributed by atoms with Gasteiger partial charge in [0.2, 0.25) is 0 Å². The molecule has 0 aliphatic heterocycles. The number of fused-ring (bicyclic) bond motifs is 3. The van der Waals surface area contributed by atoms with Gasteiger partial charge in [0.1, 0.15) is 0 Å². The summed E-state index contributed by atoms with van der Waals surface area (Å²) in [6, 6.07) is 16.0. The number of esters is 1. The van der Waals surface area contributed by atoms with Gasteiger partial charge in [0.25, 0.3) is 5.91 Å². The van der Waals surface area contributed by atoms with Crippen molar-refractivity contribution in [1.29, 1.82) is 0 Å². The number of aryl methyl sites for hydroxylation is 1. The molecule has 1 heterocycles. The number of benzene rings is 2. The molecular formula is C27H28N2O3. The van der Waals surface area contributed by atoms with Gasteiger partial charge in [0.15, 0.2) is 0 Å². The molecular weight excluding hydrogens is 400 g/mol. The first kappa shape index (κ1) is 20.7. The number of carbonyl (C=O) groups excluding carboxylic acids is 2. The molecule has 2 aromatic carbocycles. The van der Waals surface area contributed by atoms with Crippen LogP contribution in [0.3, 0.4) is 0 Å². The van der Waals surface area contributed by atoms with E-state index in [-0.39, 0.29) is 17.4 Å². The van der Waals surface area contributed by atoms with E-state index in [2.05, 4.69) is 5.32 Å². The lowest BCUT2D eigenvalue weighted by Gasteiger charge is -2.29. The van der Waals surface area contributed by atoms with Gasteiger partial charge in [0.05, 0.1) is 29.3 Å². The first-order valence-electron chi connectivity index (χ1n) is 11.2. The van der Waals surface area contributed by atoms with E-state index < -0.39 is 5.41 Å². The van der Waals surface area contributed by atoms with Gasteiger partial charge in [-0.1, -0.05) is 42.0 Å². The van der Waals surface area contributed by atoms with Gasteiger partial charge in [0, 0.05) is 16.5 Å². The minimum absolute atomic E-state index is 0.0831. The highest BCUT2D eigenvalue weighted by Crippen LogP contribution is 2.57. The van der Waals surface area contributed by atoms with Crippen LogP contribution in [0.4, 0.5) is 0 Å². The smallest absolute Gasteiger partial charge is 0.311 e. The molecule has 164 valence electrons. The number of ether oxygens (including phenoxy) is 1. The average molecular weight is 429 g/mol. The Kier molecular flexibility index (Phi) is 4.81. The highest BCUT2D eigenvalue weighted by atomic mass is 16.5. The molecule has 2 saturated carbocycles. The standard InChI is InChI=1S/C27H28N2O3/c1-17-9-10-21-20(15-17)22(18(2)23(28-21)19-7-5-4-6-8-19)24(30)29-27-13-11-26(16-27,12-14-27)25(31)32-3/h4-10,15H,11-14,16H2,1-3H3,(H,29,30). The molecule has 1 aromatic heterocycles. The number of carbonyl (C=O) groups is 2. The van der Waals surface area contributed by atoms with Crippen LogP contribution in [0.25, 0.3) is 22.2 Å². The van der Waals surface area contributed by atoms with Crippen LogP contribution in [0.5, 0.6) is 0 Å². The highest BCUT2D eigenvalue weighted by molar-refractivity contribution is 6.09. The van der Waals surface area contributed by atoms with Gasteiger partial charge in [-0.3, -0.25) is 9.59 Å². The van der Waals surface area contributed by atoms with E-state index in [4.69, 9.17) is 9.72 Å². The SMILES string of the molecule is COC(=O)C12CCC(NC(=O)c3c(C)c(-c4ccccc4)nc4ccc(C)cc34)(CC1)C2. The number of hydrogen-bond donors (Lipinski definition) is 1. The topological polar surface area (TPSA) is 68.3 Å². The maximum Gasteiger partial charge on any atom is 0.311 e. The third-order valence-electron chi connectivity index (χ3n) is 7.50. The summed E-state index contributed by atoms with van der Waals surface area (Å²) in [7, 11) is 1.45. The van der Waals surface area contributed by atoms with Gasteiger partial charge in [-0.15, -0.1) is 0 Å². The quantitative estimate of drug-likeness (QED) is 0.586. The Morgan fingerprint density at radius 2 is 1.72 bits per heavy atom. The van der Waals surface area contributed by atoms with Crippen LogP contribution in [0.15, 0.2) is 48.5 Å². The number of aromatic nitrogens is 1. The first-order valence-corrected chi connectivity index (χ1v) is 11.2. The Bertz CT molecular complexity index is 1220. The maximum atomic E-state index is 13.8. The third kappa shape index (κ3) is 3.19. The molecule has 0 spiro atoms. The molecule has 2 aliphatic carbocycles. The van der Waals surface area contributed by atoms with Crippen molar-refractivity contribution in [3.8, 4) is 11.3 Å². The highest BCUT2D eigenvalue weighted by Gasteiger charge is 2.59. The second-order valence-electron chi connectivity index (χ2n) is 9.53. The lowest BCUT2D eigenvalue weighted by molar-refractivity contribution is -0.152. The third-order valence-corrected chi connectivity index (χ3v) is 7.50. The number of nitrogens with one attached hydrogen (secondary N) is 1. The van der Waals surface area contributed by atoms with Crippen molar-refractivity contribution >= 4 is 22.8 Å². The summed E-state index contributed by atoms with van der Waals surface area (Å²) in [4.78, 5) is 31.1. The summed E-state index contributed by atoms with van der Waals surface area (Å²) in [5, 5.41) is 4.23. The van der Waals surface area contributed by atoms with Crippen molar-refractivity contribution in [3.63, 3.8) is 0 Å². The van der Waals surface area contributed by atoms with Gasteiger partial charge in [-0.2, -0.15) is 0 Å².